The number of sulfonamides is 1. The smallest absolute Gasteiger partial charge is 0.240 e. The molecule has 0 heterocycles. The maximum absolute atomic E-state index is 11.7. The van der Waals surface area contributed by atoms with Gasteiger partial charge in [0.2, 0.25) is 10.0 Å². The number of nitrogens with one attached hydrogen (secondary N) is 1. The Kier molecular flexibility index (Phi) is 5.97. The molecular weight excluding hydrogens is 258 g/mol. The molecule has 0 bridgehead atoms. The Labute approximate surface area is 106 Å². The fraction of sp³-hybridized carbons (Fsp3) is 0.455. The maximum Gasteiger partial charge on any atom is 0.240 e. The lowest BCUT2D eigenvalue weighted by atomic mass is 10.4. The van der Waals surface area contributed by atoms with Crippen molar-refractivity contribution in [1.82, 2.24) is 4.72 Å². The topological polar surface area (TPSA) is 66.4 Å². The first-order chi connectivity index (χ1) is 8.10. The van der Waals surface area contributed by atoms with E-state index in [1.807, 2.05) is 0 Å². The summed E-state index contributed by atoms with van der Waals surface area (Å²) < 4.78 is 25.7. The highest BCUT2D eigenvalue weighted by molar-refractivity contribution is 7.99. The van der Waals surface area contributed by atoms with Gasteiger partial charge in [-0.2, -0.15) is 0 Å². The minimum Gasteiger partial charge on any atom is -0.396 e. The number of aliphatic hydroxyl groups excluding tert-OH is 1. The van der Waals surface area contributed by atoms with Crippen LogP contribution in [0.25, 0.3) is 0 Å². The molecule has 1 rings (SSSR count). The van der Waals surface area contributed by atoms with Gasteiger partial charge in [0.1, 0.15) is 0 Å². The normalized spacial score (nSPS) is 11.6. The molecule has 0 radical (unpaired) electrons. The van der Waals surface area contributed by atoms with Crippen LogP contribution in [-0.4, -0.2) is 32.4 Å². The van der Waals surface area contributed by atoms with Crippen molar-refractivity contribution in [2.24, 2.45) is 0 Å². The van der Waals surface area contributed by atoms with Gasteiger partial charge in [-0.05, 0) is 30.7 Å². The first-order valence-corrected chi connectivity index (χ1v) is 7.90. The summed E-state index contributed by atoms with van der Waals surface area (Å²) in [5, 5.41) is 8.65. The molecule has 0 aliphatic rings. The lowest BCUT2D eigenvalue weighted by molar-refractivity contribution is 0.296. The van der Waals surface area contributed by atoms with Crippen LogP contribution in [0.15, 0.2) is 34.1 Å². The van der Waals surface area contributed by atoms with Crippen LogP contribution in [0, 0.1) is 0 Å². The van der Waals surface area contributed by atoms with Gasteiger partial charge < -0.3 is 5.11 Å². The summed E-state index contributed by atoms with van der Waals surface area (Å²) in [5.41, 5.74) is 0. The summed E-state index contributed by atoms with van der Waals surface area (Å²) in [4.78, 5) is 1.29. The van der Waals surface area contributed by atoms with Crippen LogP contribution in [0.2, 0.25) is 0 Å². The molecule has 1 aromatic rings. The summed E-state index contributed by atoms with van der Waals surface area (Å²) in [6.07, 6.45) is 0.738. The van der Waals surface area contributed by atoms with Crippen LogP contribution in [0.3, 0.4) is 0 Å². The monoisotopic (exact) mass is 275 g/mol. The zero-order valence-corrected chi connectivity index (χ0v) is 11.4. The molecule has 1 aromatic carbocycles. The van der Waals surface area contributed by atoms with Gasteiger partial charge in [0.05, 0.1) is 4.90 Å². The summed E-state index contributed by atoms with van der Waals surface area (Å²) in [5.74, 6) is 0.829. The summed E-state index contributed by atoms with van der Waals surface area (Å²) in [6.45, 7) is 2.31. The van der Waals surface area contributed by atoms with Crippen molar-refractivity contribution < 1.29 is 13.5 Å². The van der Waals surface area contributed by atoms with Crippen molar-refractivity contribution in [2.75, 3.05) is 18.9 Å². The van der Waals surface area contributed by atoms with Gasteiger partial charge in [-0.3, -0.25) is 0 Å². The number of thioether (sulfide) groups is 1. The van der Waals surface area contributed by atoms with Crippen molar-refractivity contribution in [2.45, 2.75) is 23.1 Å². The molecular formula is C11H17NO3S2. The number of aliphatic hydroxyl groups is 1. The molecule has 96 valence electrons. The van der Waals surface area contributed by atoms with Crippen molar-refractivity contribution in [1.29, 1.82) is 0 Å². The van der Waals surface area contributed by atoms with Gasteiger partial charge in [0.15, 0.2) is 0 Å². The molecule has 0 aliphatic carbocycles. The van der Waals surface area contributed by atoms with Crippen LogP contribution in [0.5, 0.6) is 0 Å². The molecule has 0 spiro atoms. The lowest BCUT2D eigenvalue weighted by Crippen LogP contribution is -2.22. The maximum atomic E-state index is 11.7. The Bertz CT molecular complexity index is 429. The summed E-state index contributed by atoms with van der Waals surface area (Å²) >= 11 is 1.60. The van der Waals surface area contributed by atoms with Gasteiger partial charge >= 0.3 is 0 Å². The Hall–Kier alpha value is -0.560. The lowest BCUT2D eigenvalue weighted by Gasteiger charge is -2.05. The Morgan fingerprint density at radius 3 is 2.47 bits per heavy atom. The highest BCUT2D eigenvalue weighted by atomic mass is 32.2. The van der Waals surface area contributed by atoms with E-state index in [0.717, 1.165) is 17.1 Å². The second kappa shape index (κ2) is 7.00. The zero-order valence-electron chi connectivity index (χ0n) is 9.72. The van der Waals surface area contributed by atoms with Crippen LogP contribution in [0.4, 0.5) is 0 Å². The first kappa shape index (κ1) is 14.5. The van der Waals surface area contributed by atoms with Crippen molar-refractivity contribution in [3.05, 3.63) is 24.3 Å². The first-order valence-electron chi connectivity index (χ1n) is 5.43. The number of hydrogen-bond donors (Lipinski definition) is 2. The van der Waals surface area contributed by atoms with Crippen molar-refractivity contribution in [3.63, 3.8) is 0 Å². The fourth-order valence-electron chi connectivity index (χ4n) is 1.24. The average molecular weight is 275 g/mol. The number of rotatable bonds is 7. The molecule has 0 fully saturated rings. The Balaban J connectivity index is 2.68. The van der Waals surface area contributed by atoms with E-state index in [1.165, 1.54) is 0 Å². The predicted molar refractivity (Wildman–Crippen MR) is 69.7 cm³/mol. The fourth-order valence-corrected chi connectivity index (χ4v) is 3.12. The molecule has 6 heteroatoms. The zero-order chi connectivity index (χ0) is 12.7. The molecule has 4 nitrogen and oxygen atoms in total. The Morgan fingerprint density at radius 2 is 1.94 bits per heavy atom. The van der Waals surface area contributed by atoms with E-state index < -0.39 is 10.0 Å². The molecule has 0 aliphatic heterocycles. The number of benzene rings is 1. The SMILES string of the molecule is CCNS(=O)(=O)c1ccc(SCCCO)cc1. The predicted octanol–water partition coefficient (Wildman–Crippen LogP) is 1.46. The van der Waals surface area contributed by atoms with E-state index in [9.17, 15) is 8.42 Å². The molecule has 0 amide bonds. The third-order valence-corrected chi connectivity index (χ3v) is 4.70. The Morgan fingerprint density at radius 1 is 1.29 bits per heavy atom. The summed E-state index contributed by atoms with van der Waals surface area (Å²) in [6, 6.07) is 6.76. The van der Waals surface area contributed by atoms with Gasteiger partial charge in [-0.15, -0.1) is 11.8 Å². The van der Waals surface area contributed by atoms with Crippen LogP contribution < -0.4 is 4.72 Å². The standard InChI is InChI=1S/C11H17NO3S2/c1-2-12-17(14,15)11-6-4-10(5-7-11)16-9-3-8-13/h4-7,12-13H,2-3,8-9H2,1H3. The van der Waals surface area contributed by atoms with E-state index >= 15 is 0 Å². The van der Waals surface area contributed by atoms with Gasteiger partial charge in [0.25, 0.3) is 0 Å². The number of hydrogen-bond acceptors (Lipinski definition) is 4. The molecule has 0 saturated carbocycles. The van der Waals surface area contributed by atoms with E-state index in [1.54, 1.807) is 43.0 Å². The molecule has 17 heavy (non-hydrogen) atoms. The van der Waals surface area contributed by atoms with Crippen LogP contribution in [0.1, 0.15) is 13.3 Å². The van der Waals surface area contributed by atoms with Gasteiger partial charge in [-0.25, -0.2) is 13.1 Å². The van der Waals surface area contributed by atoms with E-state index in [-0.39, 0.29) is 11.5 Å². The second-order valence-corrected chi connectivity index (χ2v) is 6.33. The van der Waals surface area contributed by atoms with Gasteiger partial charge in [-0.1, -0.05) is 6.92 Å². The third kappa shape index (κ3) is 4.67. The van der Waals surface area contributed by atoms with Crippen LogP contribution >= 0.6 is 11.8 Å². The minimum absolute atomic E-state index is 0.180. The molecule has 0 atom stereocenters. The minimum atomic E-state index is -3.35. The van der Waals surface area contributed by atoms with Crippen molar-refractivity contribution in [3.8, 4) is 0 Å². The molecule has 2 N–H and O–H groups in total. The van der Waals surface area contributed by atoms with E-state index in [2.05, 4.69) is 4.72 Å². The second-order valence-electron chi connectivity index (χ2n) is 3.40. The molecule has 0 aromatic heterocycles. The molecule has 0 saturated heterocycles. The average Bonchev–Trinajstić information content (AvgIpc) is 2.30. The highest BCUT2D eigenvalue weighted by Gasteiger charge is 2.11. The summed E-state index contributed by atoms with van der Waals surface area (Å²) in [7, 11) is -3.35. The van der Waals surface area contributed by atoms with E-state index in [4.69, 9.17) is 5.11 Å². The van der Waals surface area contributed by atoms with E-state index in [0.29, 0.717) is 6.54 Å². The highest BCUT2D eigenvalue weighted by Crippen LogP contribution is 2.20. The van der Waals surface area contributed by atoms with Gasteiger partial charge in [0, 0.05) is 23.8 Å². The van der Waals surface area contributed by atoms with Crippen LogP contribution in [-0.2, 0) is 10.0 Å². The quantitative estimate of drug-likeness (QED) is 0.584. The van der Waals surface area contributed by atoms with Crippen molar-refractivity contribution >= 4 is 21.8 Å². The largest absolute Gasteiger partial charge is 0.396 e. The third-order valence-electron chi connectivity index (χ3n) is 2.04. The molecule has 0 unspecified atom stereocenters.